The van der Waals surface area contributed by atoms with Gasteiger partial charge in [-0.05, 0) is 29.8 Å². The van der Waals surface area contributed by atoms with E-state index in [9.17, 15) is 9.59 Å². The zero-order valence-corrected chi connectivity index (χ0v) is 17.6. The fourth-order valence-corrected chi connectivity index (χ4v) is 3.76. The van der Waals surface area contributed by atoms with Gasteiger partial charge in [-0.3, -0.25) is 9.59 Å². The third kappa shape index (κ3) is 4.63. The standard InChI is InChI=1S/C23H25N3O5/c1-29-19-8-6-16(7-9-19)12-17-13-21(31-24-17)23(28)25-10-11-26(22(27)15-25)18-4-3-5-20(14-18)30-2/h3-9,14,21H,10-13,15H2,1-2H3. The quantitative estimate of drug-likeness (QED) is 0.712. The number of oxime groups is 1. The number of hydrogen-bond acceptors (Lipinski definition) is 6. The minimum absolute atomic E-state index is 0.0176. The lowest BCUT2D eigenvalue weighted by Crippen LogP contribution is -2.54. The number of hydrogen-bond donors (Lipinski definition) is 0. The van der Waals surface area contributed by atoms with E-state index in [0.717, 1.165) is 22.7 Å². The third-order valence-corrected chi connectivity index (χ3v) is 5.47. The fourth-order valence-electron chi connectivity index (χ4n) is 3.76. The molecule has 2 aromatic carbocycles. The third-order valence-electron chi connectivity index (χ3n) is 5.47. The molecule has 0 aliphatic carbocycles. The van der Waals surface area contributed by atoms with Gasteiger partial charge in [0.15, 0.2) is 0 Å². The Morgan fingerprint density at radius 2 is 1.87 bits per heavy atom. The number of rotatable bonds is 6. The van der Waals surface area contributed by atoms with Crippen molar-refractivity contribution in [2.24, 2.45) is 5.16 Å². The molecular weight excluding hydrogens is 398 g/mol. The van der Waals surface area contributed by atoms with Crippen molar-refractivity contribution in [2.45, 2.75) is 18.9 Å². The highest BCUT2D eigenvalue weighted by Crippen LogP contribution is 2.24. The molecule has 0 saturated carbocycles. The highest BCUT2D eigenvalue weighted by molar-refractivity contribution is 6.00. The van der Waals surface area contributed by atoms with E-state index in [1.165, 1.54) is 0 Å². The van der Waals surface area contributed by atoms with Gasteiger partial charge < -0.3 is 24.1 Å². The fraction of sp³-hybridized carbons (Fsp3) is 0.348. The van der Waals surface area contributed by atoms with E-state index in [1.807, 2.05) is 48.5 Å². The molecule has 31 heavy (non-hydrogen) atoms. The summed E-state index contributed by atoms with van der Waals surface area (Å²) in [6.07, 6.45) is 0.357. The Morgan fingerprint density at radius 3 is 2.58 bits per heavy atom. The molecule has 2 aliphatic heterocycles. The maximum absolute atomic E-state index is 12.9. The van der Waals surface area contributed by atoms with Crippen molar-refractivity contribution in [1.82, 2.24) is 4.90 Å². The molecule has 2 aliphatic rings. The van der Waals surface area contributed by atoms with Crippen LogP contribution in [0.4, 0.5) is 5.69 Å². The van der Waals surface area contributed by atoms with Gasteiger partial charge in [0.05, 0.1) is 19.9 Å². The predicted octanol–water partition coefficient (Wildman–Crippen LogP) is 2.27. The summed E-state index contributed by atoms with van der Waals surface area (Å²) in [6.45, 7) is 0.878. The molecule has 0 N–H and O–H groups in total. The number of carbonyl (C=O) groups excluding carboxylic acids is 2. The normalized spacial score (nSPS) is 18.5. The number of amides is 2. The predicted molar refractivity (Wildman–Crippen MR) is 116 cm³/mol. The summed E-state index contributed by atoms with van der Waals surface area (Å²) in [6, 6.07) is 15.1. The van der Waals surface area contributed by atoms with Crippen LogP contribution < -0.4 is 14.4 Å². The number of nitrogens with zero attached hydrogens (tertiary/aromatic N) is 3. The van der Waals surface area contributed by atoms with Crippen LogP contribution in [0.3, 0.4) is 0 Å². The Kier molecular flexibility index (Phi) is 6.06. The lowest BCUT2D eigenvalue weighted by Gasteiger charge is -2.35. The lowest BCUT2D eigenvalue weighted by atomic mass is 10.0. The molecule has 1 fully saturated rings. The Morgan fingerprint density at radius 1 is 1.10 bits per heavy atom. The van der Waals surface area contributed by atoms with E-state index in [-0.39, 0.29) is 18.4 Å². The van der Waals surface area contributed by atoms with Gasteiger partial charge in [-0.15, -0.1) is 0 Å². The van der Waals surface area contributed by atoms with Crippen LogP contribution >= 0.6 is 0 Å². The molecule has 0 aromatic heterocycles. The van der Waals surface area contributed by atoms with Gasteiger partial charge in [-0.25, -0.2) is 0 Å². The summed E-state index contributed by atoms with van der Waals surface area (Å²) >= 11 is 0. The van der Waals surface area contributed by atoms with E-state index in [4.69, 9.17) is 14.3 Å². The summed E-state index contributed by atoms with van der Waals surface area (Å²) in [4.78, 5) is 34.2. The molecule has 8 nitrogen and oxygen atoms in total. The molecule has 4 rings (SSSR count). The minimum Gasteiger partial charge on any atom is -0.497 e. The average molecular weight is 423 g/mol. The Labute approximate surface area is 181 Å². The summed E-state index contributed by atoms with van der Waals surface area (Å²) in [5, 5.41) is 4.10. The first-order valence-electron chi connectivity index (χ1n) is 10.1. The monoisotopic (exact) mass is 423 g/mol. The van der Waals surface area contributed by atoms with Crippen LogP contribution in [-0.2, 0) is 20.8 Å². The number of carbonyl (C=O) groups is 2. The summed E-state index contributed by atoms with van der Waals surface area (Å²) in [5.74, 6) is 1.14. The summed E-state index contributed by atoms with van der Waals surface area (Å²) in [7, 11) is 3.21. The minimum atomic E-state index is -0.676. The molecule has 0 bridgehead atoms. The smallest absolute Gasteiger partial charge is 0.267 e. The highest BCUT2D eigenvalue weighted by Gasteiger charge is 2.36. The Hall–Kier alpha value is -3.55. The van der Waals surface area contributed by atoms with Gasteiger partial charge in [-0.1, -0.05) is 23.4 Å². The number of anilines is 1. The molecule has 1 saturated heterocycles. The van der Waals surface area contributed by atoms with Gasteiger partial charge in [0, 0.05) is 37.7 Å². The summed E-state index contributed by atoms with van der Waals surface area (Å²) in [5.41, 5.74) is 2.64. The Bertz CT molecular complexity index is 989. The summed E-state index contributed by atoms with van der Waals surface area (Å²) < 4.78 is 10.4. The second-order valence-electron chi connectivity index (χ2n) is 7.49. The van der Waals surface area contributed by atoms with Gasteiger partial charge in [-0.2, -0.15) is 0 Å². The largest absolute Gasteiger partial charge is 0.497 e. The second kappa shape index (κ2) is 9.07. The van der Waals surface area contributed by atoms with Gasteiger partial charge in [0.25, 0.3) is 5.91 Å². The van der Waals surface area contributed by atoms with Crippen molar-refractivity contribution in [3.05, 3.63) is 54.1 Å². The molecule has 8 heteroatoms. The maximum Gasteiger partial charge on any atom is 0.267 e. The zero-order chi connectivity index (χ0) is 21.8. The SMILES string of the molecule is COc1ccc(CC2=NOC(C(=O)N3CCN(c4cccc(OC)c4)C(=O)C3)C2)cc1. The molecule has 0 spiro atoms. The van der Waals surface area contributed by atoms with E-state index in [2.05, 4.69) is 5.16 Å². The van der Waals surface area contributed by atoms with Crippen LogP contribution in [0.15, 0.2) is 53.7 Å². The van der Waals surface area contributed by atoms with Crippen molar-refractivity contribution >= 4 is 23.2 Å². The van der Waals surface area contributed by atoms with Gasteiger partial charge >= 0.3 is 0 Å². The maximum atomic E-state index is 12.9. The van der Waals surface area contributed by atoms with E-state index >= 15 is 0 Å². The van der Waals surface area contributed by atoms with Crippen molar-refractivity contribution in [2.75, 3.05) is 38.8 Å². The molecule has 1 unspecified atom stereocenters. The molecule has 0 radical (unpaired) electrons. The molecule has 2 aromatic rings. The van der Waals surface area contributed by atoms with Crippen LogP contribution in [0, 0.1) is 0 Å². The molecule has 162 valence electrons. The van der Waals surface area contributed by atoms with Crippen molar-refractivity contribution in [1.29, 1.82) is 0 Å². The van der Waals surface area contributed by atoms with Crippen molar-refractivity contribution in [3.8, 4) is 11.5 Å². The van der Waals surface area contributed by atoms with E-state index in [1.54, 1.807) is 24.0 Å². The average Bonchev–Trinajstić information content (AvgIpc) is 3.27. The second-order valence-corrected chi connectivity index (χ2v) is 7.49. The van der Waals surface area contributed by atoms with Crippen LogP contribution in [-0.4, -0.2) is 62.4 Å². The highest BCUT2D eigenvalue weighted by atomic mass is 16.6. The number of piperazine rings is 1. The number of methoxy groups -OCH3 is 2. The van der Waals surface area contributed by atoms with Crippen LogP contribution in [0.25, 0.3) is 0 Å². The van der Waals surface area contributed by atoms with E-state index in [0.29, 0.717) is 31.7 Å². The van der Waals surface area contributed by atoms with Crippen LogP contribution in [0.1, 0.15) is 12.0 Å². The van der Waals surface area contributed by atoms with E-state index < -0.39 is 6.10 Å². The molecule has 2 heterocycles. The lowest BCUT2D eigenvalue weighted by molar-refractivity contribution is -0.145. The molecule has 1 atom stereocenters. The van der Waals surface area contributed by atoms with Crippen molar-refractivity contribution in [3.63, 3.8) is 0 Å². The topological polar surface area (TPSA) is 80.7 Å². The molecular formula is C23H25N3O5. The Balaban J connectivity index is 1.32. The van der Waals surface area contributed by atoms with Crippen LogP contribution in [0.5, 0.6) is 11.5 Å². The number of ether oxygens (including phenoxy) is 2. The van der Waals surface area contributed by atoms with Crippen molar-refractivity contribution < 1.29 is 23.9 Å². The molecule has 2 amide bonds. The van der Waals surface area contributed by atoms with Gasteiger partial charge in [0.1, 0.15) is 18.0 Å². The van der Waals surface area contributed by atoms with Gasteiger partial charge in [0.2, 0.25) is 12.0 Å². The zero-order valence-electron chi connectivity index (χ0n) is 17.6. The van der Waals surface area contributed by atoms with Crippen LogP contribution in [0.2, 0.25) is 0 Å². The number of benzene rings is 2. The first-order valence-corrected chi connectivity index (χ1v) is 10.1. The first-order chi connectivity index (χ1) is 15.1. The first kappa shape index (κ1) is 20.7.